The zero-order valence-electron chi connectivity index (χ0n) is 12.2. The second kappa shape index (κ2) is 9.22. The van der Waals surface area contributed by atoms with E-state index >= 15 is 0 Å². The first kappa shape index (κ1) is 17.4. The van der Waals surface area contributed by atoms with Crippen LogP contribution in [-0.2, 0) is 4.79 Å². The fourth-order valence-corrected chi connectivity index (χ4v) is 3.35. The second-order valence-corrected chi connectivity index (χ2v) is 7.12. The molecule has 0 spiro atoms. The first-order valence-corrected chi connectivity index (χ1v) is 9.14. The van der Waals surface area contributed by atoms with Gasteiger partial charge in [-0.05, 0) is 49.3 Å². The fourth-order valence-electron chi connectivity index (χ4n) is 2.31. The van der Waals surface area contributed by atoms with Crippen molar-refractivity contribution < 1.29 is 4.79 Å². The van der Waals surface area contributed by atoms with Crippen LogP contribution in [0, 0.1) is 0 Å². The molecule has 4 nitrogen and oxygen atoms in total. The average Bonchev–Trinajstić information content (AvgIpc) is 2.53. The van der Waals surface area contributed by atoms with Gasteiger partial charge >= 0.3 is 0 Å². The molecular weight excluding hydrogens is 338 g/mol. The Morgan fingerprint density at radius 1 is 1.18 bits per heavy atom. The molecule has 1 aromatic carbocycles. The smallest absolute Gasteiger partial charge is 0.248 e. The van der Waals surface area contributed by atoms with Gasteiger partial charge in [0.2, 0.25) is 5.91 Å². The lowest BCUT2D eigenvalue weighted by atomic mass is 9.96. The van der Waals surface area contributed by atoms with Crippen LogP contribution in [0.1, 0.15) is 32.1 Å². The number of carbonyl (C=O) groups excluding carboxylic acids is 1. The number of hydrogen-bond acceptors (Lipinski definition) is 3. The minimum absolute atomic E-state index is 0.118. The molecule has 1 aliphatic carbocycles. The number of thioether (sulfide) groups is 1. The van der Waals surface area contributed by atoms with E-state index in [1.54, 1.807) is 0 Å². The molecule has 1 aliphatic rings. The molecule has 120 valence electrons. The quantitative estimate of drug-likeness (QED) is 0.438. The summed E-state index contributed by atoms with van der Waals surface area (Å²) in [5, 5.41) is 4.41. The molecule has 0 aliphatic heterocycles. The Morgan fingerprint density at radius 3 is 2.55 bits per heavy atom. The van der Waals surface area contributed by atoms with E-state index in [2.05, 4.69) is 16.2 Å². The highest BCUT2D eigenvalue weighted by Gasteiger charge is 2.14. The Kier molecular flexibility index (Phi) is 7.29. The Labute approximate surface area is 145 Å². The molecule has 0 unspecified atom stereocenters. The van der Waals surface area contributed by atoms with Gasteiger partial charge in [-0.15, -0.1) is 11.8 Å². The van der Waals surface area contributed by atoms with Gasteiger partial charge in [0.1, 0.15) is 0 Å². The highest BCUT2D eigenvalue weighted by atomic mass is 35.5. The maximum atomic E-state index is 11.8. The topological polar surface area (TPSA) is 53.2 Å². The van der Waals surface area contributed by atoms with Crippen LogP contribution in [-0.4, -0.2) is 22.8 Å². The van der Waals surface area contributed by atoms with Gasteiger partial charge in [-0.3, -0.25) is 15.6 Å². The third-order valence-corrected chi connectivity index (χ3v) is 4.92. The van der Waals surface area contributed by atoms with Crippen molar-refractivity contribution in [2.75, 3.05) is 5.75 Å². The van der Waals surface area contributed by atoms with Crippen molar-refractivity contribution in [3.63, 3.8) is 0 Å². The summed E-state index contributed by atoms with van der Waals surface area (Å²) in [7, 11) is 0. The number of amides is 1. The molecule has 0 radical (unpaired) electrons. The van der Waals surface area contributed by atoms with Gasteiger partial charge in [-0.1, -0.05) is 30.9 Å². The maximum absolute atomic E-state index is 11.8. The van der Waals surface area contributed by atoms with Crippen molar-refractivity contribution in [1.29, 1.82) is 0 Å². The predicted octanol–water partition coefficient (Wildman–Crippen LogP) is 3.26. The van der Waals surface area contributed by atoms with Crippen LogP contribution in [0.2, 0.25) is 5.02 Å². The summed E-state index contributed by atoms with van der Waals surface area (Å²) in [4.78, 5) is 12.8. The second-order valence-electron chi connectivity index (χ2n) is 5.22. The number of carbonyl (C=O) groups is 1. The SMILES string of the molecule is O=C(CSc1ccc(Cl)cc1)NNC(=S)NC1CCCCC1. The highest BCUT2D eigenvalue weighted by Crippen LogP contribution is 2.20. The number of benzene rings is 1. The summed E-state index contributed by atoms with van der Waals surface area (Å²) in [6.45, 7) is 0. The average molecular weight is 358 g/mol. The van der Waals surface area contributed by atoms with Crippen LogP contribution in [0.3, 0.4) is 0 Å². The highest BCUT2D eigenvalue weighted by molar-refractivity contribution is 8.00. The molecule has 0 aromatic heterocycles. The molecule has 0 heterocycles. The lowest BCUT2D eigenvalue weighted by molar-refractivity contribution is -0.119. The third-order valence-electron chi connectivity index (χ3n) is 3.44. The first-order valence-electron chi connectivity index (χ1n) is 7.37. The molecule has 3 N–H and O–H groups in total. The van der Waals surface area contributed by atoms with Crippen molar-refractivity contribution >= 4 is 46.6 Å². The van der Waals surface area contributed by atoms with Crippen LogP contribution in [0.4, 0.5) is 0 Å². The van der Waals surface area contributed by atoms with Gasteiger partial charge in [0, 0.05) is 16.0 Å². The molecule has 1 aromatic rings. The molecule has 7 heteroatoms. The number of halogens is 1. The minimum atomic E-state index is -0.118. The molecule has 2 rings (SSSR count). The van der Waals surface area contributed by atoms with Gasteiger partial charge in [-0.2, -0.15) is 0 Å². The van der Waals surface area contributed by atoms with Crippen LogP contribution >= 0.6 is 35.6 Å². The number of hydrazine groups is 1. The monoisotopic (exact) mass is 357 g/mol. The van der Waals surface area contributed by atoms with Gasteiger partial charge in [0.25, 0.3) is 0 Å². The van der Waals surface area contributed by atoms with E-state index in [4.69, 9.17) is 23.8 Å². The fraction of sp³-hybridized carbons (Fsp3) is 0.467. The Balaban J connectivity index is 1.62. The zero-order chi connectivity index (χ0) is 15.8. The standard InChI is InChI=1S/C15H20ClN3OS2/c16-11-6-8-13(9-7-11)22-10-14(20)18-19-15(21)17-12-4-2-1-3-5-12/h6-9,12H,1-5,10H2,(H,18,20)(H2,17,19,21). The maximum Gasteiger partial charge on any atom is 0.248 e. The third kappa shape index (κ3) is 6.42. The summed E-state index contributed by atoms with van der Waals surface area (Å²) in [6, 6.07) is 7.83. The summed E-state index contributed by atoms with van der Waals surface area (Å²) in [5.41, 5.74) is 5.38. The van der Waals surface area contributed by atoms with Crippen molar-refractivity contribution in [2.45, 2.75) is 43.0 Å². The van der Waals surface area contributed by atoms with Crippen LogP contribution in [0.5, 0.6) is 0 Å². The Morgan fingerprint density at radius 2 is 1.86 bits per heavy atom. The molecule has 0 atom stereocenters. The molecule has 0 saturated heterocycles. The lowest BCUT2D eigenvalue weighted by Crippen LogP contribution is -2.50. The van der Waals surface area contributed by atoms with E-state index in [9.17, 15) is 4.79 Å². The molecule has 22 heavy (non-hydrogen) atoms. The van der Waals surface area contributed by atoms with E-state index in [-0.39, 0.29) is 5.91 Å². The van der Waals surface area contributed by atoms with E-state index in [0.717, 1.165) is 17.7 Å². The summed E-state index contributed by atoms with van der Waals surface area (Å²) in [5.74, 6) is 0.202. The summed E-state index contributed by atoms with van der Waals surface area (Å²) in [6.07, 6.45) is 6.07. The number of nitrogens with one attached hydrogen (secondary N) is 3. The van der Waals surface area contributed by atoms with Gasteiger partial charge < -0.3 is 5.32 Å². The van der Waals surface area contributed by atoms with Crippen molar-refractivity contribution in [3.8, 4) is 0 Å². The van der Waals surface area contributed by atoms with Crippen LogP contribution < -0.4 is 16.2 Å². The van der Waals surface area contributed by atoms with E-state index in [0.29, 0.717) is 21.9 Å². The zero-order valence-corrected chi connectivity index (χ0v) is 14.6. The first-order chi connectivity index (χ1) is 10.6. The molecule has 0 bridgehead atoms. The molecular formula is C15H20ClN3OS2. The van der Waals surface area contributed by atoms with Crippen molar-refractivity contribution in [3.05, 3.63) is 29.3 Å². The Bertz CT molecular complexity index is 504. The van der Waals surface area contributed by atoms with Gasteiger partial charge in [0.15, 0.2) is 5.11 Å². The van der Waals surface area contributed by atoms with E-state index < -0.39 is 0 Å². The normalized spacial score (nSPS) is 15.1. The largest absolute Gasteiger partial charge is 0.359 e. The number of hydrogen-bond donors (Lipinski definition) is 3. The number of thiocarbonyl (C=S) groups is 1. The van der Waals surface area contributed by atoms with Gasteiger partial charge in [0.05, 0.1) is 5.75 Å². The van der Waals surface area contributed by atoms with E-state index in [1.165, 1.54) is 31.0 Å². The van der Waals surface area contributed by atoms with Crippen LogP contribution in [0.25, 0.3) is 0 Å². The minimum Gasteiger partial charge on any atom is -0.359 e. The molecule has 1 saturated carbocycles. The van der Waals surface area contributed by atoms with Crippen LogP contribution in [0.15, 0.2) is 29.2 Å². The van der Waals surface area contributed by atoms with E-state index in [1.807, 2.05) is 24.3 Å². The summed E-state index contributed by atoms with van der Waals surface area (Å²) >= 11 is 12.5. The van der Waals surface area contributed by atoms with Gasteiger partial charge in [-0.25, -0.2) is 0 Å². The van der Waals surface area contributed by atoms with Crippen molar-refractivity contribution in [2.24, 2.45) is 0 Å². The Hall–Kier alpha value is -0.980. The number of rotatable bonds is 4. The predicted molar refractivity (Wildman–Crippen MR) is 96.1 cm³/mol. The summed E-state index contributed by atoms with van der Waals surface area (Å²) < 4.78 is 0. The lowest BCUT2D eigenvalue weighted by Gasteiger charge is -2.24. The van der Waals surface area contributed by atoms with Crippen molar-refractivity contribution in [1.82, 2.24) is 16.2 Å². The molecule has 1 fully saturated rings. The molecule has 1 amide bonds.